The molecule has 0 aromatic heterocycles. The van der Waals surface area contributed by atoms with Crippen LogP contribution in [0.15, 0.2) is 41.5 Å². The van der Waals surface area contributed by atoms with Crippen LogP contribution in [0.4, 0.5) is 0 Å². The molecule has 0 heterocycles. The highest BCUT2D eigenvalue weighted by molar-refractivity contribution is 5.94. The summed E-state index contributed by atoms with van der Waals surface area (Å²) in [7, 11) is 0. The first kappa shape index (κ1) is 14.2. The highest BCUT2D eigenvalue weighted by atomic mass is 16.1. The maximum absolute atomic E-state index is 13.3. The Morgan fingerprint density at radius 2 is 2.00 bits per heavy atom. The van der Waals surface area contributed by atoms with Crippen LogP contribution in [0.5, 0.6) is 0 Å². The highest BCUT2D eigenvalue weighted by Gasteiger charge is 2.61. The fourth-order valence-electron chi connectivity index (χ4n) is 7.84. The predicted octanol–water partition coefficient (Wildman–Crippen LogP) is 5.67. The van der Waals surface area contributed by atoms with Crippen molar-refractivity contribution in [2.75, 3.05) is 0 Å². The van der Waals surface area contributed by atoms with E-state index in [-0.39, 0.29) is 11.3 Å². The molecular formula is C25H24O. The molecule has 0 saturated heterocycles. The number of hydrogen-bond acceptors (Lipinski definition) is 1. The van der Waals surface area contributed by atoms with E-state index in [1.54, 1.807) is 11.1 Å². The van der Waals surface area contributed by atoms with Gasteiger partial charge in [-0.25, -0.2) is 0 Å². The standard InChI is InChI=1S/C25H24O/c1-13-8-20-23-17-6-7-25(20,12-17)24-19-11-14-2-3-16(22(13)23)10-18(14)9-15(19)4-5-21(24)26/h2-3,9-11,13,17,22,24H,4-8,12H2,1H3. The van der Waals surface area contributed by atoms with Crippen LogP contribution in [0.2, 0.25) is 0 Å². The molecule has 1 fully saturated rings. The van der Waals surface area contributed by atoms with Gasteiger partial charge in [-0.15, -0.1) is 0 Å². The molecule has 11 bridgehead atoms. The normalized spacial score (nSPS) is 38.9. The molecule has 5 atom stereocenters. The number of aryl methyl sites for hydroxylation is 1. The van der Waals surface area contributed by atoms with E-state index in [0.29, 0.717) is 17.6 Å². The van der Waals surface area contributed by atoms with Gasteiger partial charge < -0.3 is 0 Å². The first-order valence-electron chi connectivity index (χ1n) is 10.5. The van der Waals surface area contributed by atoms with Crippen molar-refractivity contribution in [1.82, 2.24) is 0 Å². The molecule has 1 nitrogen and oxygen atoms in total. The average Bonchev–Trinajstić information content (AvgIpc) is 3.28. The number of rotatable bonds is 0. The van der Waals surface area contributed by atoms with Gasteiger partial charge in [-0.2, -0.15) is 0 Å². The summed E-state index contributed by atoms with van der Waals surface area (Å²) in [4.78, 5) is 13.3. The molecule has 2 aromatic carbocycles. The first-order chi connectivity index (χ1) is 12.7. The molecule has 0 N–H and O–H groups in total. The Balaban J connectivity index is 1.66. The lowest BCUT2D eigenvalue weighted by molar-refractivity contribution is -0.123. The van der Waals surface area contributed by atoms with Gasteiger partial charge >= 0.3 is 0 Å². The molecule has 8 rings (SSSR count). The molecule has 130 valence electrons. The number of allylic oxidation sites excluding steroid dienone is 2. The summed E-state index contributed by atoms with van der Waals surface area (Å²) in [5.74, 6) is 2.68. The zero-order valence-corrected chi connectivity index (χ0v) is 15.3. The van der Waals surface area contributed by atoms with Crippen LogP contribution in [0, 0.1) is 17.3 Å². The van der Waals surface area contributed by atoms with Crippen molar-refractivity contribution in [2.24, 2.45) is 17.3 Å². The lowest BCUT2D eigenvalue weighted by Gasteiger charge is -2.41. The Labute approximate surface area is 154 Å². The van der Waals surface area contributed by atoms with Gasteiger partial charge in [0.25, 0.3) is 0 Å². The number of benzene rings is 2. The van der Waals surface area contributed by atoms with Crippen LogP contribution in [0.1, 0.15) is 67.6 Å². The number of fused-ring (bicyclic) bond motifs is 2. The van der Waals surface area contributed by atoms with Gasteiger partial charge in [0.2, 0.25) is 0 Å². The Morgan fingerprint density at radius 1 is 1.08 bits per heavy atom. The van der Waals surface area contributed by atoms with Gasteiger partial charge in [0, 0.05) is 17.8 Å². The second-order valence-corrected chi connectivity index (χ2v) is 9.75. The third-order valence-electron chi connectivity index (χ3n) is 8.68. The summed E-state index contributed by atoms with van der Waals surface area (Å²) < 4.78 is 0. The van der Waals surface area contributed by atoms with Crippen LogP contribution in [0.25, 0.3) is 10.8 Å². The zero-order chi connectivity index (χ0) is 17.2. The molecular weight excluding hydrogens is 316 g/mol. The molecule has 6 aliphatic carbocycles. The van der Waals surface area contributed by atoms with E-state index in [0.717, 1.165) is 18.8 Å². The third-order valence-corrected chi connectivity index (χ3v) is 8.68. The Bertz CT molecular complexity index is 1060. The second-order valence-electron chi connectivity index (χ2n) is 9.75. The molecule has 2 aromatic rings. The third kappa shape index (κ3) is 1.43. The predicted molar refractivity (Wildman–Crippen MR) is 103 cm³/mol. The monoisotopic (exact) mass is 340 g/mol. The minimum atomic E-state index is 0.135. The van der Waals surface area contributed by atoms with E-state index in [4.69, 9.17) is 0 Å². The minimum absolute atomic E-state index is 0.135. The largest absolute Gasteiger partial charge is 0.299 e. The van der Waals surface area contributed by atoms with Crippen molar-refractivity contribution in [2.45, 2.75) is 57.3 Å². The minimum Gasteiger partial charge on any atom is -0.299 e. The van der Waals surface area contributed by atoms with E-state index in [1.165, 1.54) is 53.1 Å². The van der Waals surface area contributed by atoms with Crippen LogP contribution in [-0.2, 0) is 11.2 Å². The maximum atomic E-state index is 13.3. The van der Waals surface area contributed by atoms with Gasteiger partial charge in [-0.05, 0) is 71.4 Å². The number of carbonyl (C=O) groups excluding carboxylic acids is 1. The molecule has 1 heteroatoms. The van der Waals surface area contributed by atoms with E-state index in [1.807, 2.05) is 0 Å². The van der Waals surface area contributed by atoms with Crippen molar-refractivity contribution in [3.8, 4) is 0 Å². The van der Waals surface area contributed by atoms with Gasteiger partial charge in [0.05, 0.1) is 5.92 Å². The van der Waals surface area contributed by atoms with E-state index in [2.05, 4.69) is 37.3 Å². The topological polar surface area (TPSA) is 17.1 Å². The SMILES string of the molecule is CC1CC2=C3C4CCC2(C4)C2C(=O)CCc4cc5cc(ccc5cc42)C31. The van der Waals surface area contributed by atoms with Gasteiger partial charge in [0.1, 0.15) is 5.78 Å². The number of carbonyl (C=O) groups is 1. The number of ketones is 1. The molecule has 0 amide bonds. The molecule has 1 saturated carbocycles. The number of Topliss-reactive ketones (excluding diaryl/α,β-unsaturated/α-hetero) is 1. The maximum Gasteiger partial charge on any atom is 0.141 e. The van der Waals surface area contributed by atoms with Crippen molar-refractivity contribution < 1.29 is 4.79 Å². The van der Waals surface area contributed by atoms with Crippen LogP contribution in [-0.4, -0.2) is 5.78 Å². The van der Waals surface area contributed by atoms with E-state index >= 15 is 0 Å². The lowest BCUT2D eigenvalue weighted by Crippen LogP contribution is -2.36. The number of hydrogen-bond donors (Lipinski definition) is 0. The molecule has 26 heavy (non-hydrogen) atoms. The quantitative estimate of drug-likeness (QED) is 0.565. The summed E-state index contributed by atoms with van der Waals surface area (Å²) in [6, 6.07) is 12.0. The molecule has 0 radical (unpaired) electrons. The average molecular weight is 340 g/mol. The summed E-state index contributed by atoms with van der Waals surface area (Å²) >= 11 is 0. The Kier molecular flexibility index (Phi) is 2.36. The zero-order valence-electron chi connectivity index (χ0n) is 15.3. The summed E-state index contributed by atoms with van der Waals surface area (Å²) in [5.41, 5.74) is 8.02. The van der Waals surface area contributed by atoms with Crippen molar-refractivity contribution >= 4 is 16.6 Å². The van der Waals surface area contributed by atoms with Crippen molar-refractivity contribution in [1.29, 1.82) is 0 Å². The van der Waals surface area contributed by atoms with Gasteiger partial charge in [-0.1, -0.05) is 48.4 Å². The van der Waals surface area contributed by atoms with Crippen molar-refractivity contribution in [3.63, 3.8) is 0 Å². The van der Waals surface area contributed by atoms with Crippen molar-refractivity contribution in [3.05, 3.63) is 58.2 Å². The van der Waals surface area contributed by atoms with Crippen LogP contribution < -0.4 is 0 Å². The van der Waals surface area contributed by atoms with Gasteiger partial charge in [-0.3, -0.25) is 4.79 Å². The first-order valence-corrected chi connectivity index (χ1v) is 10.5. The fraction of sp³-hybridized carbons (Fsp3) is 0.480. The van der Waals surface area contributed by atoms with Crippen LogP contribution >= 0.6 is 0 Å². The van der Waals surface area contributed by atoms with E-state index in [9.17, 15) is 4.79 Å². The van der Waals surface area contributed by atoms with Gasteiger partial charge in [0.15, 0.2) is 0 Å². The Hall–Kier alpha value is -1.89. The molecule has 1 spiro atoms. The fourth-order valence-corrected chi connectivity index (χ4v) is 7.84. The Morgan fingerprint density at radius 3 is 2.92 bits per heavy atom. The summed E-state index contributed by atoms with van der Waals surface area (Å²) in [6.07, 6.45) is 6.72. The smallest absolute Gasteiger partial charge is 0.141 e. The highest BCUT2D eigenvalue weighted by Crippen LogP contribution is 2.71. The van der Waals surface area contributed by atoms with Crippen LogP contribution in [0.3, 0.4) is 0 Å². The molecule has 0 aliphatic heterocycles. The summed E-state index contributed by atoms with van der Waals surface area (Å²) in [5, 5.41) is 2.72. The van der Waals surface area contributed by atoms with E-state index < -0.39 is 0 Å². The molecule has 6 aliphatic rings. The molecule has 5 unspecified atom stereocenters. The lowest BCUT2D eigenvalue weighted by atomic mass is 9.61. The second kappa shape index (κ2) is 4.32. The summed E-state index contributed by atoms with van der Waals surface area (Å²) in [6.45, 7) is 2.45.